The van der Waals surface area contributed by atoms with Crippen LogP contribution in [0.5, 0.6) is 5.75 Å². The Morgan fingerprint density at radius 1 is 1.00 bits per heavy atom. The lowest BCUT2D eigenvalue weighted by atomic mass is 10.2. The van der Waals surface area contributed by atoms with Crippen molar-refractivity contribution in [3.05, 3.63) is 54.1 Å². The van der Waals surface area contributed by atoms with E-state index in [2.05, 4.69) is 5.32 Å². The van der Waals surface area contributed by atoms with Crippen molar-refractivity contribution in [1.82, 2.24) is 9.80 Å². The Hall–Kier alpha value is -2.51. The predicted molar refractivity (Wildman–Crippen MR) is 114 cm³/mol. The number of nitrogens with zero attached hydrogens (tertiary/aromatic N) is 2. The number of anilines is 1. The Bertz CT molecular complexity index is 778. The van der Waals surface area contributed by atoms with Gasteiger partial charge >= 0.3 is 0 Å². The van der Waals surface area contributed by atoms with E-state index in [1.165, 1.54) is 4.90 Å². The average Bonchev–Trinajstić information content (AvgIpc) is 2.68. The molecule has 0 aromatic heterocycles. The van der Waals surface area contributed by atoms with Crippen molar-refractivity contribution < 1.29 is 14.3 Å². The molecule has 0 unspecified atom stereocenters. The van der Waals surface area contributed by atoms with E-state index in [-0.39, 0.29) is 24.9 Å². The number of ether oxygens (including phenoxy) is 1. The first-order valence-corrected chi connectivity index (χ1v) is 10.1. The molecule has 2 rings (SSSR count). The normalized spacial score (nSPS) is 10.6. The van der Waals surface area contributed by atoms with Crippen LogP contribution in [0.4, 0.5) is 5.69 Å². The molecular formula is C21H27N3O3S. The molecule has 0 saturated heterocycles. The highest BCUT2D eigenvalue weighted by atomic mass is 32.2. The van der Waals surface area contributed by atoms with E-state index in [9.17, 15) is 9.59 Å². The predicted octanol–water partition coefficient (Wildman–Crippen LogP) is 2.95. The van der Waals surface area contributed by atoms with Crippen molar-refractivity contribution in [2.75, 3.05) is 45.9 Å². The molecule has 2 aromatic carbocycles. The second kappa shape index (κ2) is 10.7. The van der Waals surface area contributed by atoms with Crippen LogP contribution in [0.1, 0.15) is 5.56 Å². The van der Waals surface area contributed by atoms with Gasteiger partial charge in [-0.15, -0.1) is 11.8 Å². The molecule has 0 aliphatic heterocycles. The molecule has 0 bridgehead atoms. The number of amides is 2. The fraction of sp³-hybridized carbons (Fsp3) is 0.333. The van der Waals surface area contributed by atoms with Crippen LogP contribution in [0.2, 0.25) is 0 Å². The average molecular weight is 402 g/mol. The van der Waals surface area contributed by atoms with Gasteiger partial charge in [0.15, 0.2) is 0 Å². The maximum Gasteiger partial charge on any atom is 0.238 e. The Morgan fingerprint density at radius 3 is 2.21 bits per heavy atom. The maximum absolute atomic E-state index is 12.4. The lowest BCUT2D eigenvalue weighted by Crippen LogP contribution is -2.39. The Balaban J connectivity index is 1.78. The number of thioether (sulfide) groups is 1. The molecule has 0 fully saturated rings. The summed E-state index contributed by atoms with van der Waals surface area (Å²) in [6.07, 6.45) is 2.03. The summed E-state index contributed by atoms with van der Waals surface area (Å²) in [5, 5.41) is 2.81. The van der Waals surface area contributed by atoms with Crippen LogP contribution < -0.4 is 10.1 Å². The van der Waals surface area contributed by atoms with Gasteiger partial charge in [0, 0.05) is 24.2 Å². The van der Waals surface area contributed by atoms with E-state index in [4.69, 9.17) is 4.74 Å². The van der Waals surface area contributed by atoms with E-state index in [1.807, 2.05) is 30.5 Å². The highest BCUT2D eigenvalue weighted by Crippen LogP contribution is 2.16. The standard InChI is InChI=1S/C21H27N3O3S/c1-23(14-20(25)22-17-7-9-18(27-3)10-8-17)15-21(26)24(2)13-16-5-11-19(28-4)12-6-16/h5-12H,13-15H2,1-4H3,(H,22,25). The molecule has 2 aromatic rings. The van der Waals surface area contributed by atoms with Gasteiger partial charge in [-0.3, -0.25) is 14.5 Å². The first kappa shape index (κ1) is 21.8. The largest absolute Gasteiger partial charge is 0.497 e. The molecule has 0 aliphatic rings. The van der Waals surface area contributed by atoms with Gasteiger partial charge in [0.2, 0.25) is 11.8 Å². The van der Waals surface area contributed by atoms with Gasteiger partial charge < -0.3 is 15.0 Å². The summed E-state index contributed by atoms with van der Waals surface area (Å²) in [6.45, 7) is 0.850. The third-order valence-corrected chi connectivity index (χ3v) is 4.94. The van der Waals surface area contributed by atoms with Crippen LogP contribution >= 0.6 is 11.8 Å². The second-order valence-electron chi connectivity index (χ2n) is 6.55. The fourth-order valence-corrected chi connectivity index (χ4v) is 3.03. The molecule has 150 valence electrons. The zero-order valence-corrected chi connectivity index (χ0v) is 17.6. The van der Waals surface area contributed by atoms with E-state index >= 15 is 0 Å². The van der Waals surface area contributed by atoms with Crippen molar-refractivity contribution in [1.29, 1.82) is 0 Å². The number of rotatable bonds is 9. The van der Waals surface area contributed by atoms with Crippen LogP contribution in [0.3, 0.4) is 0 Å². The fourth-order valence-electron chi connectivity index (χ4n) is 2.62. The highest BCUT2D eigenvalue weighted by Gasteiger charge is 2.14. The summed E-state index contributed by atoms with van der Waals surface area (Å²) < 4.78 is 5.09. The second-order valence-corrected chi connectivity index (χ2v) is 7.43. The smallest absolute Gasteiger partial charge is 0.238 e. The summed E-state index contributed by atoms with van der Waals surface area (Å²) in [4.78, 5) is 29.2. The molecule has 0 spiro atoms. The van der Waals surface area contributed by atoms with Crippen molar-refractivity contribution in [2.45, 2.75) is 11.4 Å². The van der Waals surface area contributed by atoms with Crippen molar-refractivity contribution in [3.63, 3.8) is 0 Å². The van der Waals surface area contributed by atoms with Gasteiger partial charge in [-0.2, -0.15) is 0 Å². The number of likely N-dealkylation sites (N-methyl/N-ethyl adjacent to an activating group) is 2. The molecule has 7 heteroatoms. The monoisotopic (exact) mass is 401 g/mol. The Labute approximate surface area is 170 Å². The molecule has 0 radical (unpaired) electrons. The highest BCUT2D eigenvalue weighted by molar-refractivity contribution is 7.98. The third-order valence-electron chi connectivity index (χ3n) is 4.20. The number of methoxy groups -OCH3 is 1. The van der Waals surface area contributed by atoms with Gasteiger partial charge in [-0.05, 0) is 55.3 Å². The summed E-state index contributed by atoms with van der Waals surface area (Å²) in [7, 11) is 5.12. The topological polar surface area (TPSA) is 61.9 Å². The number of nitrogens with one attached hydrogen (secondary N) is 1. The van der Waals surface area contributed by atoms with Crippen LogP contribution in [0.15, 0.2) is 53.4 Å². The SMILES string of the molecule is COc1ccc(NC(=O)CN(C)CC(=O)N(C)Cc2ccc(SC)cc2)cc1. The van der Waals surface area contributed by atoms with Crippen LogP contribution in [-0.2, 0) is 16.1 Å². The van der Waals surface area contributed by atoms with Crippen molar-refractivity contribution in [3.8, 4) is 5.75 Å². The van der Waals surface area contributed by atoms with Gasteiger partial charge in [0.1, 0.15) is 5.75 Å². The van der Waals surface area contributed by atoms with Gasteiger partial charge in [0.25, 0.3) is 0 Å². The number of hydrogen-bond donors (Lipinski definition) is 1. The minimum absolute atomic E-state index is 0.0336. The van der Waals surface area contributed by atoms with E-state index < -0.39 is 0 Å². The van der Waals surface area contributed by atoms with Crippen molar-refractivity contribution in [2.24, 2.45) is 0 Å². The molecule has 0 atom stereocenters. The van der Waals surface area contributed by atoms with Gasteiger partial charge in [0.05, 0.1) is 20.2 Å². The molecule has 6 nitrogen and oxygen atoms in total. The summed E-state index contributed by atoms with van der Waals surface area (Å²) in [5.74, 6) is 0.524. The van der Waals surface area contributed by atoms with Crippen LogP contribution in [0.25, 0.3) is 0 Å². The van der Waals surface area contributed by atoms with E-state index in [0.717, 1.165) is 11.3 Å². The van der Waals surface area contributed by atoms with Gasteiger partial charge in [-0.25, -0.2) is 0 Å². The molecule has 0 aliphatic carbocycles. The van der Waals surface area contributed by atoms with Gasteiger partial charge in [-0.1, -0.05) is 12.1 Å². The van der Waals surface area contributed by atoms with E-state index in [1.54, 1.807) is 67.0 Å². The molecule has 0 saturated carbocycles. The van der Waals surface area contributed by atoms with Crippen LogP contribution in [-0.4, -0.2) is 62.2 Å². The molecule has 1 N–H and O–H groups in total. The maximum atomic E-state index is 12.4. The lowest BCUT2D eigenvalue weighted by molar-refractivity contribution is -0.131. The summed E-state index contributed by atoms with van der Waals surface area (Å²) in [6, 6.07) is 15.3. The molecular weight excluding hydrogens is 374 g/mol. The van der Waals surface area contributed by atoms with Crippen molar-refractivity contribution >= 4 is 29.3 Å². The first-order valence-electron chi connectivity index (χ1n) is 8.90. The zero-order chi connectivity index (χ0) is 20.5. The first-order chi connectivity index (χ1) is 13.4. The molecule has 2 amide bonds. The molecule has 28 heavy (non-hydrogen) atoms. The molecule has 0 heterocycles. The minimum Gasteiger partial charge on any atom is -0.497 e. The third kappa shape index (κ3) is 6.90. The summed E-state index contributed by atoms with van der Waals surface area (Å²) >= 11 is 1.69. The lowest BCUT2D eigenvalue weighted by Gasteiger charge is -2.22. The van der Waals surface area contributed by atoms with E-state index in [0.29, 0.717) is 12.2 Å². The number of benzene rings is 2. The quantitative estimate of drug-likeness (QED) is 0.655. The minimum atomic E-state index is -0.171. The zero-order valence-electron chi connectivity index (χ0n) is 16.8. The Morgan fingerprint density at radius 2 is 1.64 bits per heavy atom. The number of carbonyl (C=O) groups excluding carboxylic acids is 2. The van der Waals surface area contributed by atoms with Crippen LogP contribution in [0, 0.1) is 0 Å². The summed E-state index contributed by atoms with van der Waals surface area (Å²) in [5.41, 5.74) is 1.77. The number of carbonyl (C=O) groups is 2. The number of hydrogen-bond acceptors (Lipinski definition) is 5. The Kier molecular flexibility index (Phi) is 8.35.